The van der Waals surface area contributed by atoms with E-state index < -0.39 is 11.7 Å². The minimum Gasteiger partial charge on any atom is -0.271 e. The number of hydrogen-bond acceptors (Lipinski definition) is 2. The summed E-state index contributed by atoms with van der Waals surface area (Å²) >= 11 is 0. The van der Waals surface area contributed by atoms with Crippen LogP contribution in [-0.4, -0.2) is 6.04 Å². The monoisotopic (exact) mass is 242 g/mol. The summed E-state index contributed by atoms with van der Waals surface area (Å²) < 4.78 is 36.9. The third kappa shape index (κ3) is 4.10. The zero-order chi connectivity index (χ0) is 12.9. The van der Waals surface area contributed by atoms with Gasteiger partial charge in [0.15, 0.2) is 0 Å². The molecule has 1 rings (SSSR count). The highest BCUT2D eigenvalue weighted by Gasteiger charge is 2.29. The third-order valence-corrected chi connectivity index (χ3v) is 2.36. The van der Waals surface area contributed by atoms with E-state index in [0.29, 0.717) is 12.8 Å². The Kier molecular flexibility index (Phi) is 4.55. The lowest BCUT2D eigenvalue weighted by atomic mass is 10.0. The molecule has 0 aromatic heterocycles. The van der Waals surface area contributed by atoms with E-state index in [4.69, 9.17) is 12.3 Å². The van der Waals surface area contributed by atoms with Gasteiger partial charge in [-0.3, -0.25) is 11.3 Å². The molecule has 0 aliphatic heterocycles. The van der Waals surface area contributed by atoms with Crippen LogP contribution in [0.2, 0.25) is 0 Å². The van der Waals surface area contributed by atoms with Gasteiger partial charge in [0, 0.05) is 12.5 Å². The van der Waals surface area contributed by atoms with Crippen LogP contribution in [0.4, 0.5) is 13.2 Å². The van der Waals surface area contributed by atoms with Crippen LogP contribution in [0.25, 0.3) is 0 Å². The van der Waals surface area contributed by atoms with Crippen LogP contribution in [0.3, 0.4) is 0 Å². The number of halogens is 3. The smallest absolute Gasteiger partial charge is 0.271 e. The van der Waals surface area contributed by atoms with E-state index in [1.54, 1.807) is 0 Å². The van der Waals surface area contributed by atoms with Crippen LogP contribution < -0.4 is 11.3 Å². The fourth-order valence-electron chi connectivity index (χ4n) is 1.45. The molecule has 2 nitrogen and oxygen atoms in total. The molecule has 1 unspecified atom stereocenters. The number of hydrogen-bond donors (Lipinski definition) is 2. The van der Waals surface area contributed by atoms with Gasteiger partial charge in [-0.1, -0.05) is 12.1 Å². The SMILES string of the molecule is C#CCC(Cc1ccc(C(F)(F)F)cc1)NN. The first-order chi connectivity index (χ1) is 7.97. The third-order valence-electron chi connectivity index (χ3n) is 2.36. The van der Waals surface area contributed by atoms with Crippen molar-refractivity contribution in [3.63, 3.8) is 0 Å². The molecule has 0 aliphatic rings. The van der Waals surface area contributed by atoms with E-state index in [1.807, 2.05) is 0 Å². The van der Waals surface area contributed by atoms with Crippen LogP contribution in [0, 0.1) is 12.3 Å². The number of hydrazine groups is 1. The quantitative estimate of drug-likeness (QED) is 0.482. The van der Waals surface area contributed by atoms with E-state index in [1.165, 1.54) is 12.1 Å². The Bertz CT molecular complexity index is 390. The van der Waals surface area contributed by atoms with Gasteiger partial charge in [0.1, 0.15) is 0 Å². The maximum atomic E-state index is 12.3. The van der Waals surface area contributed by atoms with E-state index in [9.17, 15) is 13.2 Å². The lowest BCUT2D eigenvalue weighted by molar-refractivity contribution is -0.137. The van der Waals surface area contributed by atoms with Crippen molar-refractivity contribution >= 4 is 0 Å². The summed E-state index contributed by atoms with van der Waals surface area (Å²) in [5.74, 6) is 7.73. The highest BCUT2D eigenvalue weighted by molar-refractivity contribution is 5.25. The van der Waals surface area contributed by atoms with Crippen LogP contribution in [-0.2, 0) is 12.6 Å². The Balaban J connectivity index is 2.72. The number of alkyl halides is 3. The summed E-state index contributed by atoms with van der Waals surface area (Å²) in [7, 11) is 0. The summed E-state index contributed by atoms with van der Waals surface area (Å²) in [6, 6.07) is 4.85. The van der Waals surface area contributed by atoms with Gasteiger partial charge < -0.3 is 0 Å². The van der Waals surface area contributed by atoms with Crippen molar-refractivity contribution < 1.29 is 13.2 Å². The van der Waals surface area contributed by atoms with Gasteiger partial charge in [-0.2, -0.15) is 13.2 Å². The van der Waals surface area contributed by atoms with Gasteiger partial charge in [-0.05, 0) is 24.1 Å². The van der Waals surface area contributed by atoms with Gasteiger partial charge in [-0.15, -0.1) is 12.3 Å². The number of nitrogens with two attached hydrogens (primary N) is 1. The predicted molar refractivity (Wildman–Crippen MR) is 59.7 cm³/mol. The average Bonchev–Trinajstić information content (AvgIpc) is 2.28. The highest BCUT2D eigenvalue weighted by atomic mass is 19.4. The Morgan fingerprint density at radius 3 is 2.29 bits per heavy atom. The molecule has 3 N–H and O–H groups in total. The molecule has 0 fully saturated rings. The summed E-state index contributed by atoms with van der Waals surface area (Å²) in [6.45, 7) is 0. The van der Waals surface area contributed by atoms with Crippen molar-refractivity contribution in [3.8, 4) is 12.3 Å². The highest BCUT2D eigenvalue weighted by Crippen LogP contribution is 2.29. The zero-order valence-electron chi connectivity index (χ0n) is 9.09. The minimum absolute atomic E-state index is 0.128. The van der Waals surface area contributed by atoms with Crippen molar-refractivity contribution in [2.75, 3.05) is 0 Å². The van der Waals surface area contributed by atoms with Crippen LogP contribution >= 0.6 is 0 Å². The molecule has 0 saturated carbocycles. The van der Waals surface area contributed by atoms with Gasteiger partial charge in [0.05, 0.1) is 5.56 Å². The summed E-state index contributed by atoms with van der Waals surface area (Å²) in [4.78, 5) is 0. The van der Waals surface area contributed by atoms with Crippen molar-refractivity contribution in [1.82, 2.24) is 5.43 Å². The molecular formula is C12H13F3N2. The molecule has 92 valence electrons. The van der Waals surface area contributed by atoms with E-state index in [2.05, 4.69) is 11.3 Å². The van der Waals surface area contributed by atoms with Gasteiger partial charge in [0.2, 0.25) is 0 Å². The first-order valence-electron chi connectivity index (χ1n) is 5.03. The fraction of sp³-hybridized carbons (Fsp3) is 0.333. The standard InChI is InChI=1S/C12H13F3N2/c1-2-3-11(17-16)8-9-4-6-10(7-5-9)12(13,14)15/h1,4-7,11,17H,3,8,16H2. The lowest BCUT2D eigenvalue weighted by Crippen LogP contribution is -2.36. The second kappa shape index (κ2) is 5.71. The Labute approximate surface area is 98.0 Å². The maximum Gasteiger partial charge on any atom is 0.416 e. The van der Waals surface area contributed by atoms with Gasteiger partial charge in [-0.25, -0.2) is 0 Å². The number of nitrogens with one attached hydrogen (secondary N) is 1. The topological polar surface area (TPSA) is 38.0 Å². The molecule has 1 aromatic carbocycles. The van der Waals surface area contributed by atoms with E-state index >= 15 is 0 Å². The van der Waals surface area contributed by atoms with Crippen molar-refractivity contribution in [2.24, 2.45) is 5.84 Å². The maximum absolute atomic E-state index is 12.3. The average molecular weight is 242 g/mol. The molecule has 0 heterocycles. The molecule has 0 saturated heterocycles. The first-order valence-corrected chi connectivity index (χ1v) is 5.03. The second-order valence-electron chi connectivity index (χ2n) is 3.67. The minimum atomic E-state index is -4.30. The Hall–Kier alpha value is -1.51. The zero-order valence-corrected chi connectivity index (χ0v) is 9.09. The number of benzene rings is 1. The molecule has 0 radical (unpaired) electrons. The van der Waals surface area contributed by atoms with E-state index in [-0.39, 0.29) is 6.04 Å². The van der Waals surface area contributed by atoms with E-state index in [0.717, 1.165) is 17.7 Å². The molecule has 0 amide bonds. The first kappa shape index (κ1) is 13.6. The van der Waals surface area contributed by atoms with Crippen molar-refractivity contribution in [3.05, 3.63) is 35.4 Å². The molecule has 0 bridgehead atoms. The molecule has 5 heteroatoms. The van der Waals surface area contributed by atoms with Crippen LogP contribution in [0.5, 0.6) is 0 Å². The van der Waals surface area contributed by atoms with Gasteiger partial charge in [0.25, 0.3) is 0 Å². The van der Waals surface area contributed by atoms with Crippen LogP contribution in [0.1, 0.15) is 17.5 Å². The van der Waals surface area contributed by atoms with Crippen LogP contribution in [0.15, 0.2) is 24.3 Å². The normalized spacial score (nSPS) is 13.1. The van der Waals surface area contributed by atoms with Crippen molar-refractivity contribution in [1.29, 1.82) is 0 Å². The molecule has 0 spiro atoms. The Morgan fingerprint density at radius 2 is 1.88 bits per heavy atom. The number of rotatable bonds is 4. The molecule has 1 aromatic rings. The predicted octanol–water partition coefficient (Wildman–Crippen LogP) is 2.10. The molecule has 0 aliphatic carbocycles. The summed E-state index contributed by atoms with van der Waals surface area (Å²) in [6.07, 6.45) is 1.77. The largest absolute Gasteiger partial charge is 0.416 e. The summed E-state index contributed by atoms with van der Waals surface area (Å²) in [5.41, 5.74) is 2.63. The van der Waals surface area contributed by atoms with Gasteiger partial charge >= 0.3 is 6.18 Å². The molecular weight excluding hydrogens is 229 g/mol. The van der Waals surface area contributed by atoms with Crippen molar-refractivity contribution in [2.45, 2.75) is 25.1 Å². The number of terminal acetylenes is 1. The lowest BCUT2D eigenvalue weighted by Gasteiger charge is -2.13. The summed E-state index contributed by atoms with van der Waals surface area (Å²) in [5, 5.41) is 0. The fourth-order valence-corrected chi connectivity index (χ4v) is 1.45. The molecule has 17 heavy (non-hydrogen) atoms. The molecule has 1 atom stereocenters. The second-order valence-corrected chi connectivity index (χ2v) is 3.67. The Morgan fingerprint density at radius 1 is 1.29 bits per heavy atom.